The summed E-state index contributed by atoms with van der Waals surface area (Å²) in [6, 6.07) is 8.82. The maximum absolute atomic E-state index is 11.5. The van der Waals surface area contributed by atoms with Crippen molar-refractivity contribution in [3.05, 3.63) is 46.7 Å². The predicted octanol–water partition coefficient (Wildman–Crippen LogP) is 4.24. The maximum atomic E-state index is 11.5. The Kier molecular flexibility index (Phi) is 4.74. The average Bonchev–Trinajstić information content (AvgIpc) is 2.49. The average molecular weight is 336 g/mol. The van der Waals surface area contributed by atoms with Crippen molar-refractivity contribution in [1.82, 2.24) is 4.98 Å². The zero-order chi connectivity index (χ0) is 14.5. The van der Waals surface area contributed by atoms with Crippen LogP contribution in [0.1, 0.15) is 23.8 Å². The Morgan fingerprint density at radius 2 is 2.00 bits per heavy atom. The number of Topliss-reactive ketones (excluding diaryl/α,β-unsaturated/α-hetero) is 1. The quantitative estimate of drug-likeness (QED) is 0.767. The van der Waals surface area contributed by atoms with E-state index < -0.39 is 0 Å². The third kappa shape index (κ3) is 3.36. The molecule has 0 unspecified atom stereocenters. The molecular formula is C15H14BrNO3. The van der Waals surface area contributed by atoms with Crippen LogP contribution in [-0.4, -0.2) is 17.9 Å². The number of hydrogen-bond donors (Lipinski definition) is 0. The lowest BCUT2D eigenvalue weighted by Gasteiger charge is -2.09. The van der Waals surface area contributed by atoms with E-state index in [1.165, 1.54) is 0 Å². The van der Waals surface area contributed by atoms with Gasteiger partial charge in [-0.15, -0.1) is 0 Å². The summed E-state index contributed by atoms with van der Waals surface area (Å²) in [5, 5.41) is 0. The Balaban J connectivity index is 2.16. The number of hydrogen-bond acceptors (Lipinski definition) is 4. The van der Waals surface area contributed by atoms with Crippen LogP contribution in [0.25, 0.3) is 0 Å². The minimum Gasteiger partial charge on any atom is -0.497 e. The summed E-state index contributed by atoms with van der Waals surface area (Å²) >= 11 is 3.41. The number of benzene rings is 1. The first-order valence-electron chi connectivity index (χ1n) is 6.14. The standard InChI is InChI=1S/C15H14BrNO3/c1-3-14(18)13-6-4-11(9-17-13)20-15-7-5-10(19-2)8-12(15)16/h4-9H,3H2,1-2H3. The number of methoxy groups -OCH3 is 1. The first-order valence-corrected chi connectivity index (χ1v) is 6.94. The molecule has 1 aromatic carbocycles. The molecule has 5 heteroatoms. The highest BCUT2D eigenvalue weighted by atomic mass is 79.9. The van der Waals surface area contributed by atoms with E-state index in [2.05, 4.69) is 20.9 Å². The van der Waals surface area contributed by atoms with Gasteiger partial charge >= 0.3 is 0 Å². The second-order valence-electron chi connectivity index (χ2n) is 4.05. The van der Waals surface area contributed by atoms with Gasteiger partial charge in [-0.2, -0.15) is 0 Å². The Hall–Kier alpha value is -1.88. The van der Waals surface area contributed by atoms with Crippen LogP contribution in [0, 0.1) is 0 Å². The second-order valence-corrected chi connectivity index (χ2v) is 4.91. The highest BCUT2D eigenvalue weighted by molar-refractivity contribution is 9.10. The SMILES string of the molecule is CCC(=O)c1ccc(Oc2ccc(OC)cc2Br)cn1. The number of ether oxygens (including phenoxy) is 2. The van der Waals surface area contributed by atoms with Crippen molar-refractivity contribution in [2.24, 2.45) is 0 Å². The lowest BCUT2D eigenvalue weighted by Crippen LogP contribution is -1.99. The predicted molar refractivity (Wildman–Crippen MR) is 79.6 cm³/mol. The van der Waals surface area contributed by atoms with E-state index in [-0.39, 0.29) is 5.78 Å². The third-order valence-electron chi connectivity index (χ3n) is 2.71. The molecule has 0 bridgehead atoms. The van der Waals surface area contributed by atoms with Crippen LogP contribution < -0.4 is 9.47 Å². The number of halogens is 1. The van der Waals surface area contributed by atoms with Gasteiger partial charge in [0.1, 0.15) is 22.9 Å². The van der Waals surface area contributed by atoms with Crippen LogP contribution in [0.2, 0.25) is 0 Å². The maximum Gasteiger partial charge on any atom is 0.180 e. The molecule has 0 amide bonds. The van der Waals surface area contributed by atoms with E-state index in [1.807, 2.05) is 19.1 Å². The fourth-order valence-corrected chi connectivity index (χ4v) is 2.04. The number of rotatable bonds is 5. The molecule has 4 nitrogen and oxygen atoms in total. The summed E-state index contributed by atoms with van der Waals surface area (Å²) in [6.45, 7) is 1.81. The number of nitrogens with zero attached hydrogens (tertiary/aromatic N) is 1. The second kappa shape index (κ2) is 6.52. The van der Waals surface area contributed by atoms with Gasteiger partial charge in [-0.25, -0.2) is 4.98 Å². The van der Waals surface area contributed by atoms with Crippen molar-refractivity contribution in [3.63, 3.8) is 0 Å². The van der Waals surface area contributed by atoms with Crippen molar-refractivity contribution in [2.45, 2.75) is 13.3 Å². The topological polar surface area (TPSA) is 48.4 Å². The lowest BCUT2D eigenvalue weighted by molar-refractivity contribution is 0.0983. The zero-order valence-electron chi connectivity index (χ0n) is 11.2. The van der Waals surface area contributed by atoms with Crippen LogP contribution in [0.5, 0.6) is 17.2 Å². The van der Waals surface area contributed by atoms with E-state index in [0.717, 1.165) is 10.2 Å². The van der Waals surface area contributed by atoms with Gasteiger partial charge in [-0.1, -0.05) is 6.92 Å². The summed E-state index contributed by atoms with van der Waals surface area (Å²) in [5.41, 5.74) is 0.452. The highest BCUT2D eigenvalue weighted by Crippen LogP contribution is 2.32. The minimum atomic E-state index is 0.0159. The number of aromatic nitrogens is 1. The number of ketones is 1. The minimum absolute atomic E-state index is 0.0159. The Labute approximate surface area is 125 Å². The highest BCUT2D eigenvalue weighted by Gasteiger charge is 2.07. The molecule has 0 fully saturated rings. The fourth-order valence-electron chi connectivity index (χ4n) is 1.61. The monoisotopic (exact) mass is 335 g/mol. The molecule has 2 aromatic rings. The summed E-state index contributed by atoms with van der Waals surface area (Å²) in [7, 11) is 1.61. The Morgan fingerprint density at radius 3 is 2.55 bits per heavy atom. The largest absolute Gasteiger partial charge is 0.497 e. The van der Waals surface area contributed by atoms with Crippen LogP contribution in [0.3, 0.4) is 0 Å². The van der Waals surface area contributed by atoms with Gasteiger partial charge in [0.15, 0.2) is 5.78 Å². The number of carbonyl (C=O) groups excluding carboxylic acids is 1. The van der Waals surface area contributed by atoms with Crippen molar-refractivity contribution < 1.29 is 14.3 Å². The van der Waals surface area contributed by atoms with Gasteiger partial charge in [0, 0.05) is 6.42 Å². The normalized spacial score (nSPS) is 10.2. The number of carbonyl (C=O) groups is 1. The Morgan fingerprint density at radius 1 is 1.25 bits per heavy atom. The van der Waals surface area contributed by atoms with Gasteiger partial charge in [0.25, 0.3) is 0 Å². The molecule has 0 spiro atoms. The van der Waals surface area contributed by atoms with Crippen LogP contribution in [0.15, 0.2) is 41.0 Å². The molecule has 0 radical (unpaired) electrons. The first kappa shape index (κ1) is 14.5. The first-order chi connectivity index (χ1) is 9.63. The molecule has 0 saturated heterocycles. The number of pyridine rings is 1. The molecule has 0 aliphatic carbocycles. The molecule has 0 aliphatic heterocycles. The molecule has 2 rings (SSSR count). The van der Waals surface area contributed by atoms with Crippen molar-refractivity contribution in [1.29, 1.82) is 0 Å². The van der Waals surface area contributed by atoms with Crippen molar-refractivity contribution in [2.75, 3.05) is 7.11 Å². The van der Waals surface area contributed by atoms with Crippen LogP contribution >= 0.6 is 15.9 Å². The smallest absolute Gasteiger partial charge is 0.180 e. The van der Waals surface area contributed by atoms with E-state index in [1.54, 1.807) is 31.5 Å². The molecule has 0 aliphatic rings. The lowest BCUT2D eigenvalue weighted by atomic mass is 10.2. The van der Waals surface area contributed by atoms with Crippen LogP contribution in [-0.2, 0) is 0 Å². The van der Waals surface area contributed by atoms with E-state index in [9.17, 15) is 4.79 Å². The van der Waals surface area contributed by atoms with Gasteiger partial charge in [-0.05, 0) is 46.3 Å². The molecule has 1 aromatic heterocycles. The summed E-state index contributed by atoms with van der Waals surface area (Å²) < 4.78 is 11.6. The van der Waals surface area contributed by atoms with Gasteiger partial charge in [-0.3, -0.25) is 4.79 Å². The molecule has 104 valence electrons. The van der Waals surface area contributed by atoms with Gasteiger partial charge in [0.05, 0.1) is 17.8 Å². The molecule has 0 atom stereocenters. The molecule has 0 N–H and O–H groups in total. The molecule has 0 saturated carbocycles. The van der Waals surface area contributed by atoms with E-state index in [0.29, 0.717) is 23.6 Å². The summed E-state index contributed by atoms with van der Waals surface area (Å²) in [6.07, 6.45) is 1.98. The third-order valence-corrected chi connectivity index (χ3v) is 3.33. The van der Waals surface area contributed by atoms with Crippen molar-refractivity contribution >= 4 is 21.7 Å². The van der Waals surface area contributed by atoms with E-state index >= 15 is 0 Å². The fraction of sp³-hybridized carbons (Fsp3) is 0.200. The summed E-state index contributed by atoms with van der Waals surface area (Å²) in [4.78, 5) is 15.6. The molecule has 1 heterocycles. The molecule has 20 heavy (non-hydrogen) atoms. The zero-order valence-corrected chi connectivity index (χ0v) is 12.8. The van der Waals surface area contributed by atoms with Gasteiger partial charge < -0.3 is 9.47 Å². The summed E-state index contributed by atoms with van der Waals surface area (Å²) in [5.74, 6) is 1.99. The Bertz CT molecular complexity index is 611. The van der Waals surface area contributed by atoms with Crippen molar-refractivity contribution in [3.8, 4) is 17.2 Å². The van der Waals surface area contributed by atoms with Crippen LogP contribution in [0.4, 0.5) is 0 Å². The molecular weight excluding hydrogens is 322 g/mol. The van der Waals surface area contributed by atoms with E-state index in [4.69, 9.17) is 9.47 Å². The van der Waals surface area contributed by atoms with Gasteiger partial charge in [0.2, 0.25) is 0 Å².